The van der Waals surface area contributed by atoms with Gasteiger partial charge in [0, 0.05) is 11.1 Å². The van der Waals surface area contributed by atoms with Crippen molar-refractivity contribution in [2.24, 2.45) is 0 Å². The molecule has 2 nitrogen and oxygen atoms in total. The molecule has 0 bridgehead atoms. The molecule has 0 aliphatic heterocycles. The van der Waals surface area contributed by atoms with Crippen LogP contribution in [0.1, 0.15) is 30.5 Å². The number of benzene rings is 1. The third kappa shape index (κ3) is 1.69. The summed E-state index contributed by atoms with van der Waals surface area (Å²) in [7, 11) is 1.68. The van der Waals surface area contributed by atoms with Crippen LogP contribution in [-0.4, -0.2) is 12.2 Å². The number of aryl methyl sites for hydroxylation is 1. The predicted octanol–water partition coefficient (Wildman–Crippen LogP) is 2.83. The summed E-state index contributed by atoms with van der Waals surface area (Å²) < 4.78 is 5.35. The summed E-state index contributed by atoms with van der Waals surface area (Å²) in [6.45, 7) is 6.08. The highest BCUT2D eigenvalue weighted by molar-refractivity contribution is 5.52. The maximum absolute atomic E-state index is 9.77. The summed E-state index contributed by atoms with van der Waals surface area (Å²) in [5, 5.41) is 9.77. The van der Waals surface area contributed by atoms with Crippen molar-refractivity contribution >= 4 is 0 Å². The summed E-state index contributed by atoms with van der Waals surface area (Å²) >= 11 is 0. The maximum atomic E-state index is 9.77. The molecule has 0 aliphatic rings. The average molecular weight is 194 g/mol. The highest BCUT2D eigenvalue weighted by atomic mass is 16.5. The fraction of sp³-hybridized carbons (Fsp3) is 0.500. The molecule has 0 amide bonds. The summed E-state index contributed by atoms with van der Waals surface area (Å²) in [5.74, 6) is 1.31. The fourth-order valence-corrected chi connectivity index (χ4v) is 1.94. The van der Waals surface area contributed by atoms with Gasteiger partial charge in [-0.25, -0.2) is 0 Å². The molecule has 0 aliphatic carbocycles. The largest absolute Gasteiger partial charge is 0.508 e. The maximum Gasteiger partial charge on any atom is 0.125 e. The van der Waals surface area contributed by atoms with E-state index in [4.69, 9.17) is 4.74 Å². The number of phenolic OH excluding ortho intramolecular Hbond substituents is 1. The molecule has 1 aromatic carbocycles. The zero-order valence-corrected chi connectivity index (χ0v) is 9.35. The van der Waals surface area contributed by atoms with Gasteiger partial charge in [-0.05, 0) is 31.4 Å². The third-order valence-electron chi connectivity index (χ3n) is 2.57. The molecule has 14 heavy (non-hydrogen) atoms. The number of methoxy groups -OCH3 is 1. The van der Waals surface area contributed by atoms with Crippen LogP contribution in [0.2, 0.25) is 0 Å². The Kier molecular flexibility index (Phi) is 3.39. The molecule has 0 atom stereocenters. The highest BCUT2D eigenvalue weighted by Gasteiger charge is 2.13. The van der Waals surface area contributed by atoms with Crippen LogP contribution in [0.3, 0.4) is 0 Å². The lowest BCUT2D eigenvalue weighted by Crippen LogP contribution is -1.99. The number of aromatic hydroxyl groups is 1. The molecule has 0 unspecified atom stereocenters. The van der Waals surface area contributed by atoms with E-state index in [0.29, 0.717) is 5.75 Å². The van der Waals surface area contributed by atoms with Gasteiger partial charge in [0.15, 0.2) is 0 Å². The summed E-state index contributed by atoms with van der Waals surface area (Å²) in [6, 6.07) is 1.77. The van der Waals surface area contributed by atoms with Crippen molar-refractivity contribution in [3.63, 3.8) is 0 Å². The molecule has 0 fully saturated rings. The Morgan fingerprint density at radius 3 is 2.21 bits per heavy atom. The molecule has 2 heteroatoms. The fourth-order valence-electron chi connectivity index (χ4n) is 1.94. The molecule has 0 aromatic heterocycles. The molecular weight excluding hydrogens is 176 g/mol. The van der Waals surface area contributed by atoms with Gasteiger partial charge >= 0.3 is 0 Å². The molecule has 0 saturated heterocycles. The van der Waals surface area contributed by atoms with Crippen LogP contribution < -0.4 is 4.74 Å². The number of ether oxygens (including phenoxy) is 1. The first-order valence-electron chi connectivity index (χ1n) is 5.03. The van der Waals surface area contributed by atoms with Gasteiger partial charge in [-0.3, -0.25) is 0 Å². The van der Waals surface area contributed by atoms with Crippen molar-refractivity contribution in [1.29, 1.82) is 0 Å². The minimum absolute atomic E-state index is 0.391. The van der Waals surface area contributed by atoms with E-state index < -0.39 is 0 Å². The van der Waals surface area contributed by atoms with Gasteiger partial charge in [-0.1, -0.05) is 13.8 Å². The second kappa shape index (κ2) is 4.36. The van der Waals surface area contributed by atoms with Crippen molar-refractivity contribution < 1.29 is 9.84 Å². The number of hydrogen-bond donors (Lipinski definition) is 1. The van der Waals surface area contributed by atoms with Gasteiger partial charge in [0.1, 0.15) is 11.5 Å². The quantitative estimate of drug-likeness (QED) is 0.801. The van der Waals surface area contributed by atoms with Gasteiger partial charge in [0.05, 0.1) is 7.11 Å². The lowest BCUT2D eigenvalue weighted by atomic mass is 9.97. The lowest BCUT2D eigenvalue weighted by molar-refractivity contribution is 0.402. The van der Waals surface area contributed by atoms with E-state index in [1.165, 1.54) is 0 Å². The Hall–Kier alpha value is -1.18. The van der Waals surface area contributed by atoms with Gasteiger partial charge in [0.2, 0.25) is 0 Å². The second-order valence-electron chi connectivity index (χ2n) is 3.41. The summed E-state index contributed by atoms with van der Waals surface area (Å²) in [5.41, 5.74) is 3.14. The van der Waals surface area contributed by atoms with Crippen LogP contribution in [-0.2, 0) is 12.8 Å². The molecule has 0 saturated carbocycles. The second-order valence-corrected chi connectivity index (χ2v) is 3.41. The van der Waals surface area contributed by atoms with Crippen LogP contribution in [0.5, 0.6) is 11.5 Å². The van der Waals surface area contributed by atoms with Crippen LogP contribution in [0.15, 0.2) is 6.07 Å². The Balaban J connectivity index is 3.43. The van der Waals surface area contributed by atoms with E-state index in [1.54, 1.807) is 13.2 Å². The van der Waals surface area contributed by atoms with Crippen molar-refractivity contribution in [3.05, 3.63) is 22.8 Å². The van der Waals surface area contributed by atoms with Crippen molar-refractivity contribution in [2.75, 3.05) is 7.11 Å². The minimum atomic E-state index is 0.391. The number of rotatable bonds is 3. The topological polar surface area (TPSA) is 29.5 Å². The van der Waals surface area contributed by atoms with Crippen LogP contribution >= 0.6 is 0 Å². The molecule has 78 valence electrons. The van der Waals surface area contributed by atoms with Gasteiger partial charge in [-0.2, -0.15) is 0 Å². The predicted molar refractivity (Wildman–Crippen MR) is 58.2 cm³/mol. The van der Waals surface area contributed by atoms with Gasteiger partial charge in [0.25, 0.3) is 0 Å². The molecule has 1 aromatic rings. The Morgan fingerprint density at radius 2 is 1.79 bits per heavy atom. The highest BCUT2D eigenvalue weighted by Crippen LogP contribution is 2.33. The normalized spacial score (nSPS) is 10.3. The Labute approximate surface area is 85.5 Å². The Bertz CT molecular complexity index is 301. The number of phenols is 1. The zero-order chi connectivity index (χ0) is 10.7. The van der Waals surface area contributed by atoms with Crippen molar-refractivity contribution in [1.82, 2.24) is 0 Å². The van der Waals surface area contributed by atoms with E-state index in [0.717, 1.165) is 35.3 Å². The molecule has 0 spiro atoms. The van der Waals surface area contributed by atoms with Crippen LogP contribution in [0.4, 0.5) is 0 Å². The summed E-state index contributed by atoms with van der Waals surface area (Å²) in [6.07, 6.45) is 1.73. The Morgan fingerprint density at radius 1 is 1.21 bits per heavy atom. The first kappa shape index (κ1) is 10.9. The molecule has 1 rings (SSSR count). The van der Waals surface area contributed by atoms with Crippen LogP contribution in [0, 0.1) is 6.92 Å². The summed E-state index contributed by atoms with van der Waals surface area (Å²) in [4.78, 5) is 0. The molecule has 0 heterocycles. The molecular formula is C12H18O2. The zero-order valence-electron chi connectivity index (χ0n) is 9.35. The lowest BCUT2D eigenvalue weighted by Gasteiger charge is -2.15. The van der Waals surface area contributed by atoms with E-state index in [-0.39, 0.29) is 0 Å². The van der Waals surface area contributed by atoms with E-state index in [9.17, 15) is 5.11 Å². The first-order valence-corrected chi connectivity index (χ1v) is 5.03. The molecule has 1 N–H and O–H groups in total. The average Bonchev–Trinajstić information content (AvgIpc) is 2.16. The first-order chi connectivity index (χ1) is 6.65. The van der Waals surface area contributed by atoms with E-state index >= 15 is 0 Å². The smallest absolute Gasteiger partial charge is 0.125 e. The van der Waals surface area contributed by atoms with Crippen molar-refractivity contribution in [3.8, 4) is 11.5 Å². The molecule has 0 radical (unpaired) electrons. The standard InChI is InChI=1S/C12H18O2/c1-5-9-10(6-2)12(14-4)8(3)7-11(9)13/h7,13H,5-6H2,1-4H3. The SMILES string of the molecule is CCc1c(O)cc(C)c(OC)c1CC. The third-order valence-corrected chi connectivity index (χ3v) is 2.57. The van der Waals surface area contributed by atoms with Gasteiger partial charge < -0.3 is 9.84 Å². The van der Waals surface area contributed by atoms with Crippen LogP contribution in [0.25, 0.3) is 0 Å². The minimum Gasteiger partial charge on any atom is -0.508 e. The number of hydrogen-bond acceptors (Lipinski definition) is 2. The van der Waals surface area contributed by atoms with Gasteiger partial charge in [-0.15, -0.1) is 0 Å². The monoisotopic (exact) mass is 194 g/mol. The van der Waals surface area contributed by atoms with E-state index in [1.807, 2.05) is 13.8 Å². The van der Waals surface area contributed by atoms with Crippen molar-refractivity contribution in [2.45, 2.75) is 33.6 Å². The van der Waals surface area contributed by atoms with E-state index in [2.05, 4.69) is 6.92 Å².